The molecular formula is C27H28ClN3O2. The maximum atomic E-state index is 12.3. The first-order valence-electron chi connectivity index (χ1n) is 11.3. The highest BCUT2D eigenvalue weighted by Crippen LogP contribution is 2.18. The van der Waals surface area contributed by atoms with Crippen molar-refractivity contribution < 1.29 is 9.53 Å². The van der Waals surface area contributed by atoms with E-state index in [1.807, 2.05) is 30.3 Å². The number of ether oxygens (including phenoxy) is 1. The number of nitrogens with zero attached hydrogens (tertiary/aromatic N) is 2. The molecule has 0 bridgehead atoms. The van der Waals surface area contributed by atoms with Gasteiger partial charge in [0.05, 0.1) is 17.6 Å². The van der Waals surface area contributed by atoms with E-state index in [9.17, 15) is 4.79 Å². The van der Waals surface area contributed by atoms with Gasteiger partial charge in [0.1, 0.15) is 18.2 Å². The topological polar surface area (TPSA) is 56.1 Å². The van der Waals surface area contributed by atoms with Gasteiger partial charge in [0.2, 0.25) is 0 Å². The van der Waals surface area contributed by atoms with Crippen LogP contribution in [0.2, 0.25) is 5.02 Å². The van der Waals surface area contributed by atoms with Crippen molar-refractivity contribution in [2.45, 2.75) is 32.7 Å². The SMILES string of the molecule is CCc1ccc(OCCn2c(CCCNC(=O)c3ccc(Cl)cc3)nc3ccccc32)cc1. The lowest BCUT2D eigenvalue weighted by Gasteiger charge is -2.11. The van der Waals surface area contributed by atoms with Crippen LogP contribution in [0.25, 0.3) is 11.0 Å². The second-order valence-corrected chi connectivity index (χ2v) is 8.32. The second kappa shape index (κ2) is 11.0. The van der Waals surface area contributed by atoms with E-state index in [1.54, 1.807) is 24.3 Å². The van der Waals surface area contributed by atoms with Gasteiger partial charge >= 0.3 is 0 Å². The minimum atomic E-state index is -0.0948. The van der Waals surface area contributed by atoms with Crippen LogP contribution in [-0.2, 0) is 19.4 Å². The zero-order valence-corrected chi connectivity index (χ0v) is 19.5. The minimum Gasteiger partial charge on any atom is -0.492 e. The van der Waals surface area contributed by atoms with Crippen molar-refractivity contribution >= 4 is 28.5 Å². The van der Waals surface area contributed by atoms with Crippen molar-refractivity contribution in [2.75, 3.05) is 13.2 Å². The molecule has 1 heterocycles. The predicted octanol–water partition coefficient (Wildman–Crippen LogP) is 5.69. The van der Waals surface area contributed by atoms with Crippen molar-refractivity contribution in [1.29, 1.82) is 0 Å². The number of nitrogens with one attached hydrogen (secondary N) is 1. The van der Waals surface area contributed by atoms with Crippen molar-refractivity contribution in [1.82, 2.24) is 14.9 Å². The molecular weight excluding hydrogens is 434 g/mol. The molecule has 3 aromatic carbocycles. The third-order valence-electron chi connectivity index (χ3n) is 5.62. The largest absolute Gasteiger partial charge is 0.492 e. The zero-order chi connectivity index (χ0) is 23.0. The van der Waals surface area contributed by atoms with E-state index in [0.29, 0.717) is 30.3 Å². The summed E-state index contributed by atoms with van der Waals surface area (Å²) in [5.74, 6) is 1.78. The summed E-state index contributed by atoms with van der Waals surface area (Å²) in [5.41, 5.74) is 3.98. The molecule has 0 fully saturated rings. The maximum Gasteiger partial charge on any atom is 0.251 e. The Balaban J connectivity index is 1.35. The molecule has 6 heteroatoms. The molecule has 0 spiro atoms. The van der Waals surface area contributed by atoms with Crippen LogP contribution >= 0.6 is 11.6 Å². The molecule has 1 N–H and O–H groups in total. The number of carbonyl (C=O) groups excluding carboxylic acids is 1. The fraction of sp³-hybridized carbons (Fsp3) is 0.259. The summed E-state index contributed by atoms with van der Waals surface area (Å²) in [6.45, 7) is 3.99. The molecule has 1 amide bonds. The molecule has 4 aromatic rings. The normalized spacial score (nSPS) is 11.0. The van der Waals surface area contributed by atoms with Crippen molar-refractivity contribution in [3.05, 3.63) is 94.8 Å². The Morgan fingerprint density at radius 1 is 1.03 bits per heavy atom. The Kier molecular flexibility index (Phi) is 7.63. The number of carbonyl (C=O) groups is 1. The summed E-state index contributed by atoms with van der Waals surface area (Å²) in [7, 11) is 0. The first kappa shape index (κ1) is 22.9. The average Bonchev–Trinajstić information content (AvgIpc) is 3.20. The van der Waals surface area contributed by atoms with Crippen LogP contribution in [0.4, 0.5) is 0 Å². The predicted molar refractivity (Wildman–Crippen MR) is 133 cm³/mol. The molecule has 4 rings (SSSR count). The Morgan fingerprint density at radius 3 is 2.55 bits per heavy atom. The third kappa shape index (κ3) is 5.93. The monoisotopic (exact) mass is 461 g/mol. The summed E-state index contributed by atoms with van der Waals surface area (Å²) in [4.78, 5) is 17.1. The van der Waals surface area contributed by atoms with Gasteiger partial charge in [-0.2, -0.15) is 0 Å². The summed E-state index contributed by atoms with van der Waals surface area (Å²) >= 11 is 5.89. The Bertz CT molecular complexity index is 1200. The van der Waals surface area contributed by atoms with Gasteiger partial charge in [-0.15, -0.1) is 0 Å². The minimum absolute atomic E-state index is 0.0948. The molecule has 0 radical (unpaired) electrons. The lowest BCUT2D eigenvalue weighted by atomic mass is 10.2. The van der Waals surface area contributed by atoms with E-state index in [0.717, 1.165) is 41.9 Å². The Hall–Kier alpha value is -3.31. The van der Waals surface area contributed by atoms with Crippen LogP contribution < -0.4 is 10.1 Å². The number of rotatable bonds is 10. The molecule has 0 saturated carbocycles. The molecule has 0 saturated heterocycles. The fourth-order valence-corrected chi connectivity index (χ4v) is 3.92. The second-order valence-electron chi connectivity index (χ2n) is 7.88. The lowest BCUT2D eigenvalue weighted by molar-refractivity contribution is 0.0953. The number of imidazole rings is 1. The van der Waals surface area contributed by atoms with E-state index >= 15 is 0 Å². The summed E-state index contributed by atoms with van der Waals surface area (Å²) in [5, 5.41) is 3.59. The van der Waals surface area contributed by atoms with E-state index in [4.69, 9.17) is 21.3 Å². The van der Waals surface area contributed by atoms with Gasteiger partial charge in [0, 0.05) is 23.6 Å². The zero-order valence-electron chi connectivity index (χ0n) is 18.8. The number of aromatic nitrogens is 2. The lowest BCUT2D eigenvalue weighted by Crippen LogP contribution is -2.25. The number of aryl methyl sites for hydroxylation is 2. The van der Waals surface area contributed by atoms with Crippen molar-refractivity contribution in [3.8, 4) is 5.75 Å². The number of hydrogen-bond acceptors (Lipinski definition) is 3. The van der Waals surface area contributed by atoms with E-state index in [1.165, 1.54) is 5.56 Å². The number of benzene rings is 3. The average molecular weight is 462 g/mol. The van der Waals surface area contributed by atoms with E-state index < -0.39 is 0 Å². The maximum absolute atomic E-state index is 12.3. The van der Waals surface area contributed by atoms with Gasteiger partial charge < -0.3 is 14.6 Å². The molecule has 0 aliphatic rings. The van der Waals surface area contributed by atoms with Crippen LogP contribution in [-0.4, -0.2) is 28.6 Å². The molecule has 33 heavy (non-hydrogen) atoms. The van der Waals surface area contributed by atoms with Crippen molar-refractivity contribution in [3.63, 3.8) is 0 Å². The highest BCUT2D eigenvalue weighted by molar-refractivity contribution is 6.30. The Labute approximate surface area is 199 Å². The number of fused-ring (bicyclic) bond motifs is 1. The van der Waals surface area contributed by atoms with Gasteiger partial charge in [0.25, 0.3) is 5.91 Å². The fourth-order valence-electron chi connectivity index (χ4n) is 3.79. The van der Waals surface area contributed by atoms with Gasteiger partial charge in [0.15, 0.2) is 0 Å². The van der Waals surface area contributed by atoms with Gasteiger partial charge in [-0.25, -0.2) is 4.98 Å². The highest BCUT2D eigenvalue weighted by atomic mass is 35.5. The van der Waals surface area contributed by atoms with E-state index in [2.05, 4.69) is 35.0 Å². The van der Waals surface area contributed by atoms with Crippen LogP contribution in [0, 0.1) is 0 Å². The molecule has 0 aliphatic carbocycles. The molecule has 0 atom stereocenters. The molecule has 1 aromatic heterocycles. The molecule has 0 aliphatic heterocycles. The van der Waals surface area contributed by atoms with Gasteiger partial charge in [-0.05, 0) is 66.9 Å². The van der Waals surface area contributed by atoms with Crippen LogP contribution in [0.3, 0.4) is 0 Å². The number of hydrogen-bond donors (Lipinski definition) is 1. The first-order valence-corrected chi connectivity index (χ1v) is 11.7. The van der Waals surface area contributed by atoms with Gasteiger partial charge in [-0.1, -0.05) is 42.8 Å². The first-order chi connectivity index (χ1) is 16.1. The number of amides is 1. The summed E-state index contributed by atoms with van der Waals surface area (Å²) in [6.07, 6.45) is 2.58. The van der Waals surface area contributed by atoms with Crippen LogP contribution in [0.1, 0.15) is 35.1 Å². The highest BCUT2D eigenvalue weighted by Gasteiger charge is 2.11. The van der Waals surface area contributed by atoms with Gasteiger partial charge in [-0.3, -0.25) is 4.79 Å². The number of para-hydroxylation sites is 2. The quantitative estimate of drug-likeness (QED) is 0.308. The van der Waals surface area contributed by atoms with Crippen LogP contribution in [0.15, 0.2) is 72.8 Å². The number of halogens is 1. The molecule has 5 nitrogen and oxygen atoms in total. The van der Waals surface area contributed by atoms with E-state index in [-0.39, 0.29) is 5.91 Å². The van der Waals surface area contributed by atoms with Crippen molar-refractivity contribution in [2.24, 2.45) is 0 Å². The third-order valence-corrected chi connectivity index (χ3v) is 5.87. The molecule has 170 valence electrons. The summed E-state index contributed by atoms with van der Waals surface area (Å²) in [6, 6.07) is 23.3. The molecule has 0 unspecified atom stereocenters. The Morgan fingerprint density at radius 2 is 1.79 bits per heavy atom. The summed E-state index contributed by atoms with van der Waals surface area (Å²) < 4.78 is 8.20. The smallest absolute Gasteiger partial charge is 0.251 e. The standard InChI is InChI=1S/C27H28ClN3O2/c1-2-20-9-15-23(16-10-20)33-19-18-31-25-7-4-3-6-24(25)30-26(31)8-5-17-29-27(32)21-11-13-22(28)14-12-21/h3-4,6-7,9-16H,2,5,8,17-19H2,1H3,(H,29,32). The van der Waals surface area contributed by atoms with Crippen LogP contribution in [0.5, 0.6) is 5.75 Å².